The second-order valence-corrected chi connectivity index (χ2v) is 3.60. The van der Waals surface area contributed by atoms with Crippen LogP contribution in [0.1, 0.15) is 24.8 Å². The molecule has 0 bridgehead atoms. The van der Waals surface area contributed by atoms with Gasteiger partial charge in [0, 0.05) is 12.3 Å². The lowest BCUT2D eigenvalue weighted by molar-refractivity contribution is -0.153. The number of hydrogen-bond acceptors (Lipinski definition) is 3. The largest absolute Gasteiger partial charge is 0.460 e. The maximum absolute atomic E-state index is 11.6. The molecule has 17 heavy (non-hydrogen) atoms. The Hall–Kier alpha value is -1.90. The van der Waals surface area contributed by atoms with E-state index >= 15 is 0 Å². The summed E-state index contributed by atoms with van der Waals surface area (Å²) in [6, 6.07) is 9.49. The average molecular weight is 232 g/mol. The first-order valence-corrected chi connectivity index (χ1v) is 5.56. The zero-order valence-corrected chi connectivity index (χ0v) is 9.89. The Morgan fingerprint density at radius 2 is 2.00 bits per heavy atom. The molecule has 0 aliphatic rings. The number of rotatable bonds is 6. The van der Waals surface area contributed by atoms with Crippen LogP contribution in [0.25, 0.3) is 0 Å². The van der Waals surface area contributed by atoms with Gasteiger partial charge in [-0.25, -0.2) is 4.79 Å². The molecule has 0 saturated carbocycles. The number of esters is 1. The van der Waals surface area contributed by atoms with Crippen LogP contribution in [0.2, 0.25) is 0 Å². The maximum atomic E-state index is 11.6. The van der Waals surface area contributed by atoms with Crippen LogP contribution in [0.15, 0.2) is 43.0 Å². The minimum Gasteiger partial charge on any atom is -0.460 e. The van der Waals surface area contributed by atoms with E-state index in [2.05, 4.69) is 11.3 Å². The van der Waals surface area contributed by atoms with E-state index in [1.807, 2.05) is 30.3 Å². The highest BCUT2D eigenvalue weighted by Gasteiger charge is 2.19. The van der Waals surface area contributed by atoms with Gasteiger partial charge in [0.05, 0.1) is 6.61 Å². The minimum atomic E-state index is -0.768. The summed E-state index contributed by atoms with van der Waals surface area (Å²) in [7, 11) is 0. The average Bonchev–Trinajstić information content (AvgIpc) is 2.37. The SMILES string of the molecule is C=CC(CC(=O)C(=O)OCC)c1ccccc1. The summed E-state index contributed by atoms with van der Waals surface area (Å²) < 4.78 is 4.66. The number of carbonyl (C=O) groups excluding carboxylic acids is 2. The normalized spacial score (nSPS) is 11.6. The van der Waals surface area contributed by atoms with Gasteiger partial charge >= 0.3 is 5.97 Å². The molecule has 0 fully saturated rings. The van der Waals surface area contributed by atoms with Crippen molar-refractivity contribution in [1.29, 1.82) is 0 Å². The lowest BCUT2D eigenvalue weighted by Gasteiger charge is -2.11. The van der Waals surface area contributed by atoms with E-state index < -0.39 is 11.8 Å². The Morgan fingerprint density at radius 1 is 1.35 bits per heavy atom. The summed E-state index contributed by atoms with van der Waals surface area (Å²) in [6.45, 7) is 5.58. The molecule has 0 spiro atoms. The van der Waals surface area contributed by atoms with Crippen molar-refractivity contribution >= 4 is 11.8 Å². The number of ketones is 1. The summed E-state index contributed by atoms with van der Waals surface area (Å²) in [5, 5.41) is 0. The van der Waals surface area contributed by atoms with Crippen molar-refractivity contribution in [2.24, 2.45) is 0 Å². The Kier molecular flexibility index (Phi) is 5.14. The fraction of sp³-hybridized carbons (Fsp3) is 0.286. The van der Waals surface area contributed by atoms with Crippen molar-refractivity contribution in [3.05, 3.63) is 48.6 Å². The minimum absolute atomic E-state index is 0.104. The number of hydrogen-bond donors (Lipinski definition) is 0. The van der Waals surface area contributed by atoms with Crippen molar-refractivity contribution in [2.75, 3.05) is 6.61 Å². The molecule has 0 radical (unpaired) electrons. The zero-order chi connectivity index (χ0) is 12.7. The van der Waals surface area contributed by atoms with Gasteiger partial charge in [0.25, 0.3) is 0 Å². The highest BCUT2D eigenvalue weighted by molar-refractivity contribution is 6.33. The summed E-state index contributed by atoms with van der Waals surface area (Å²) in [4.78, 5) is 22.8. The predicted molar refractivity (Wildman–Crippen MR) is 65.6 cm³/mol. The molecule has 1 aromatic carbocycles. The zero-order valence-electron chi connectivity index (χ0n) is 9.89. The molecular formula is C14H16O3. The van der Waals surface area contributed by atoms with Crippen molar-refractivity contribution < 1.29 is 14.3 Å². The van der Waals surface area contributed by atoms with Gasteiger partial charge < -0.3 is 4.74 Å². The topological polar surface area (TPSA) is 43.4 Å². The summed E-state index contributed by atoms with van der Waals surface area (Å²) in [5.41, 5.74) is 0.972. The van der Waals surface area contributed by atoms with E-state index in [0.717, 1.165) is 5.56 Å². The molecule has 0 aliphatic carbocycles. The second kappa shape index (κ2) is 6.63. The smallest absolute Gasteiger partial charge is 0.374 e. The van der Waals surface area contributed by atoms with Crippen LogP contribution in [0.4, 0.5) is 0 Å². The Morgan fingerprint density at radius 3 is 2.53 bits per heavy atom. The summed E-state index contributed by atoms with van der Waals surface area (Å²) in [6.07, 6.45) is 1.78. The van der Waals surface area contributed by atoms with Crippen molar-refractivity contribution in [1.82, 2.24) is 0 Å². The van der Waals surface area contributed by atoms with Crippen LogP contribution in [-0.2, 0) is 14.3 Å². The van der Waals surface area contributed by atoms with E-state index in [0.29, 0.717) is 0 Å². The van der Waals surface area contributed by atoms with Gasteiger partial charge in [-0.3, -0.25) is 4.79 Å². The van der Waals surface area contributed by atoms with Crippen LogP contribution >= 0.6 is 0 Å². The third-order valence-electron chi connectivity index (χ3n) is 2.42. The van der Waals surface area contributed by atoms with Gasteiger partial charge in [-0.1, -0.05) is 36.4 Å². The number of Topliss-reactive ketones (excluding diaryl/α,β-unsaturated/α-hetero) is 1. The van der Waals surface area contributed by atoms with Gasteiger partial charge in [0.2, 0.25) is 5.78 Å². The molecule has 3 heteroatoms. The molecule has 0 aliphatic heterocycles. The van der Waals surface area contributed by atoms with Gasteiger partial charge in [-0.2, -0.15) is 0 Å². The quantitative estimate of drug-likeness (QED) is 0.430. The highest BCUT2D eigenvalue weighted by Crippen LogP contribution is 2.20. The Balaban J connectivity index is 2.68. The van der Waals surface area contributed by atoms with Crippen molar-refractivity contribution in [3.8, 4) is 0 Å². The molecule has 1 aromatic rings. The van der Waals surface area contributed by atoms with Crippen molar-refractivity contribution in [3.63, 3.8) is 0 Å². The first-order valence-electron chi connectivity index (χ1n) is 5.56. The molecule has 1 unspecified atom stereocenters. The molecule has 1 rings (SSSR count). The highest BCUT2D eigenvalue weighted by atomic mass is 16.5. The number of ether oxygens (including phenoxy) is 1. The van der Waals surface area contributed by atoms with Gasteiger partial charge in [0.1, 0.15) is 0 Å². The Bertz CT molecular complexity index is 395. The third-order valence-corrected chi connectivity index (χ3v) is 2.42. The van der Waals surface area contributed by atoms with E-state index in [1.54, 1.807) is 13.0 Å². The summed E-state index contributed by atoms with van der Waals surface area (Å²) in [5.74, 6) is -1.43. The van der Waals surface area contributed by atoms with Crippen LogP contribution in [0.5, 0.6) is 0 Å². The van der Waals surface area contributed by atoms with Crippen LogP contribution < -0.4 is 0 Å². The maximum Gasteiger partial charge on any atom is 0.374 e. The molecule has 1 atom stereocenters. The molecule has 0 amide bonds. The van der Waals surface area contributed by atoms with E-state index in [1.165, 1.54) is 0 Å². The molecule has 3 nitrogen and oxygen atoms in total. The predicted octanol–water partition coefficient (Wildman–Crippen LogP) is 2.48. The molecule has 0 aromatic heterocycles. The van der Waals surface area contributed by atoms with E-state index in [-0.39, 0.29) is 18.9 Å². The standard InChI is InChI=1S/C14H16O3/c1-3-11(12-8-6-5-7-9-12)10-13(15)14(16)17-4-2/h3,5-9,11H,1,4,10H2,2H3. The molecule has 0 heterocycles. The number of carbonyl (C=O) groups is 2. The van der Waals surface area contributed by atoms with Crippen LogP contribution in [0.3, 0.4) is 0 Å². The van der Waals surface area contributed by atoms with Gasteiger partial charge in [-0.05, 0) is 12.5 Å². The molecule has 0 saturated heterocycles. The van der Waals surface area contributed by atoms with Gasteiger partial charge in [-0.15, -0.1) is 6.58 Å². The fourth-order valence-electron chi connectivity index (χ4n) is 1.53. The number of allylic oxidation sites excluding steroid dienone is 1. The first-order chi connectivity index (χ1) is 8.19. The lowest BCUT2D eigenvalue weighted by Crippen LogP contribution is -2.19. The van der Waals surface area contributed by atoms with Crippen LogP contribution in [0, 0.1) is 0 Å². The van der Waals surface area contributed by atoms with Crippen LogP contribution in [-0.4, -0.2) is 18.4 Å². The monoisotopic (exact) mass is 232 g/mol. The molecule has 90 valence electrons. The first kappa shape index (κ1) is 13.2. The molecular weight excluding hydrogens is 216 g/mol. The molecule has 0 N–H and O–H groups in total. The fourth-order valence-corrected chi connectivity index (χ4v) is 1.53. The second-order valence-electron chi connectivity index (χ2n) is 3.60. The van der Waals surface area contributed by atoms with Gasteiger partial charge in [0.15, 0.2) is 0 Å². The Labute approximate surface area is 101 Å². The van der Waals surface area contributed by atoms with Crippen molar-refractivity contribution in [2.45, 2.75) is 19.3 Å². The lowest BCUT2D eigenvalue weighted by atomic mass is 9.94. The number of benzene rings is 1. The third kappa shape index (κ3) is 3.87. The van der Waals surface area contributed by atoms with E-state index in [4.69, 9.17) is 0 Å². The van der Waals surface area contributed by atoms with E-state index in [9.17, 15) is 9.59 Å². The summed E-state index contributed by atoms with van der Waals surface area (Å²) >= 11 is 0.